The average Bonchev–Trinajstić information content (AvgIpc) is 2.47. The van der Waals surface area contributed by atoms with Gasteiger partial charge in [0.05, 0.1) is 25.4 Å². The number of nitrogens with zero attached hydrogens (tertiary/aromatic N) is 2. The summed E-state index contributed by atoms with van der Waals surface area (Å²) in [5.41, 5.74) is 6.78. The zero-order chi connectivity index (χ0) is 13.8. The molecule has 0 aromatic carbocycles. The quantitative estimate of drug-likeness (QED) is 0.787. The van der Waals surface area contributed by atoms with Crippen LogP contribution in [0.15, 0.2) is 18.3 Å². The first-order valence-electron chi connectivity index (χ1n) is 6.34. The molecule has 1 amide bonds. The van der Waals surface area contributed by atoms with E-state index in [0.717, 1.165) is 5.56 Å². The van der Waals surface area contributed by atoms with Crippen LogP contribution in [-0.2, 0) is 11.3 Å². The van der Waals surface area contributed by atoms with Gasteiger partial charge in [-0.25, -0.2) is 0 Å². The Morgan fingerprint density at radius 1 is 1.63 bits per heavy atom. The maximum absolute atomic E-state index is 12.4. The van der Waals surface area contributed by atoms with Gasteiger partial charge in [0, 0.05) is 19.3 Å². The zero-order valence-corrected chi connectivity index (χ0v) is 11.0. The molecule has 1 aromatic heterocycles. The van der Waals surface area contributed by atoms with Crippen molar-refractivity contribution >= 4 is 5.91 Å². The first kappa shape index (κ1) is 13.9. The Labute approximate surface area is 112 Å². The molecule has 0 saturated carbocycles. The second-order valence-corrected chi connectivity index (χ2v) is 4.70. The number of hydrogen-bond donors (Lipinski definition) is 2. The number of ether oxygens (including phenoxy) is 1. The summed E-state index contributed by atoms with van der Waals surface area (Å²) in [5, 5.41) is 9.12. The number of aliphatic hydroxyl groups excluding tert-OH is 1. The first-order valence-corrected chi connectivity index (χ1v) is 6.34. The molecule has 0 radical (unpaired) electrons. The molecule has 1 saturated heterocycles. The number of morpholine rings is 1. The number of amides is 1. The molecule has 0 bridgehead atoms. The summed E-state index contributed by atoms with van der Waals surface area (Å²) in [7, 11) is 0. The fraction of sp³-hybridized carbons (Fsp3) is 0.538. The van der Waals surface area contributed by atoms with Gasteiger partial charge in [0.25, 0.3) is 5.91 Å². The van der Waals surface area contributed by atoms with Gasteiger partial charge in [-0.3, -0.25) is 9.78 Å². The van der Waals surface area contributed by atoms with Gasteiger partial charge in [0.1, 0.15) is 5.69 Å². The van der Waals surface area contributed by atoms with Crippen LogP contribution >= 0.6 is 0 Å². The minimum absolute atomic E-state index is 0.0220. The van der Waals surface area contributed by atoms with Crippen molar-refractivity contribution in [2.75, 3.05) is 19.8 Å². The van der Waals surface area contributed by atoms with Crippen LogP contribution in [0.2, 0.25) is 0 Å². The number of aliphatic hydroxyl groups is 1. The molecule has 1 fully saturated rings. The Morgan fingerprint density at radius 3 is 3.00 bits per heavy atom. The lowest BCUT2D eigenvalue weighted by Crippen LogP contribution is -2.52. The lowest BCUT2D eigenvalue weighted by Gasteiger charge is -2.37. The minimum atomic E-state index is -0.316. The lowest BCUT2D eigenvalue weighted by atomic mass is 10.1. The summed E-state index contributed by atoms with van der Waals surface area (Å²) >= 11 is 0. The molecule has 19 heavy (non-hydrogen) atoms. The van der Waals surface area contributed by atoms with E-state index in [1.54, 1.807) is 23.2 Å². The SMILES string of the molecule is CC1COC(CO)CN1C(=O)c1ccc(CN)cn1. The molecular formula is C13H19N3O3. The molecule has 0 aliphatic carbocycles. The summed E-state index contributed by atoms with van der Waals surface area (Å²) < 4.78 is 5.41. The van der Waals surface area contributed by atoms with Crippen molar-refractivity contribution in [1.82, 2.24) is 9.88 Å². The monoisotopic (exact) mass is 265 g/mol. The van der Waals surface area contributed by atoms with Crippen molar-refractivity contribution < 1.29 is 14.6 Å². The number of rotatable bonds is 3. The minimum Gasteiger partial charge on any atom is -0.394 e. The standard InChI is InChI=1S/C13H19N3O3/c1-9-8-19-11(7-17)6-16(9)13(18)12-3-2-10(4-14)5-15-12/h2-3,5,9,11,17H,4,6-8,14H2,1H3. The van der Waals surface area contributed by atoms with Gasteiger partial charge in [-0.05, 0) is 18.6 Å². The normalized spacial score (nSPS) is 23.4. The van der Waals surface area contributed by atoms with Crippen LogP contribution in [0.5, 0.6) is 0 Å². The molecule has 2 rings (SSSR count). The summed E-state index contributed by atoms with van der Waals surface area (Å²) in [6.45, 7) is 3.05. The first-order chi connectivity index (χ1) is 9.15. The van der Waals surface area contributed by atoms with Crippen LogP contribution in [0.4, 0.5) is 0 Å². The highest BCUT2D eigenvalue weighted by molar-refractivity contribution is 5.92. The van der Waals surface area contributed by atoms with E-state index in [0.29, 0.717) is 25.4 Å². The van der Waals surface area contributed by atoms with Crippen LogP contribution in [0.3, 0.4) is 0 Å². The highest BCUT2D eigenvalue weighted by Gasteiger charge is 2.30. The lowest BCUT2D eigenvalue weighted by molar-refractivity contribution is -0.0668. The van der Waals surface area contributed by atoms with Gasteiger partial charge in [-0.2, -0.15) is 0 Å². The molecule has 2 unspecified atom stereocenters. The maximum atomic E-state index is 12.4. The smallest absolute Gasteiger partial charge is 0.272 e. The molecule has 1 aliphatic rings. The van der Waals surface area contributed by atoms with Crippen LogP contribution in [0.1, 0.15) is 23.0 Å². The fourth-order valence-electron chi connectivity index (χ4n) is 2.03. The highest BCUT2D eigenvalue weighted by atomic mass is 16.5. The summed E-state index contributed by atoms with van der Waals surface area (Å²) in [5.74, 6) is -0.141. The van der Waals surface area contributed by atoms with Gasteiger partial charge in [0.15, 0.2) is 0 Å². The van der Waals surface area contributed by atoms with E-state index < -0.39 is 0 Å². The number of pyridine rings is 1. The Kier molecular flexibility index (Phi) is 4.47. The number of hydrogen-bond acceptors (Lipinski definition) is 5. The Balaban J connectivity index is 2.12. The van der Waals surface area contributed by atoms with Crippen molar-refractivity contribution in [2.24, 2.45) is 5.73 Å². The van der Waals surface area contributed by atoms with Crippen LogP contribution < -0.4 is 5.73 Å². The number of carbonyl (C=O) groups is 1. The van der Waals surface area contributed by atoms with Crippen molar-refractivity contribution in [3.63, 3.8) is 0 Å². The third-order valence-electron chi connectivity index (χ3n) is 3.25. The van der Waals surface area contributed by atoms with E-state index in [9.17, 15) is 4.79 Å². The molecule has 2 atom stereocenters. The van der Waals surface area contributed by atoms with E-state index in [1.165, 1.54) is 0 Å². The summed E-state index contributed by atoms with van der Waals surface area (Å²) in [6.07, 6.45) is 1.30. The van der Waals surface area contributed by atoms with E-state index >= 15 is 0 Å². The van der Waals surface area contributed by atoms with Crippen molar-refractivity contribution in [3.8, 4) is 0 Å². The van der Waals surface area contributed by atoms with Gasteiger partial charge in [-0.15, -0.1) is 0 Å². The topological polar surface area (TPSA) is 88.7 Å². The maximum Gasteiger partial charge on any atom is 0.272 e. The molecule has 2 heterocycles. The molecule has 6 heteroatoms. The third kappa shape index (κ3) is 3.09. The Bertz CT molecular complexity index is 435. The highest BCUT2D eigenvalue weighted by Crippen LogP contribution is 2.14. The van der Waals surface area contributed by atoms with Gasteiger partial charge in [0.2, 0.25) is 0 Å². The van der Waals surface area contributed by atoms with Crippen molar-refractivity contribution in [1.29, 1.82) is 0 Å². The molecule has 3 N–H and O–H groups in total. The van der Waals surface area contributed by atoms with Gasteiger partial charge in [-0.1, -0.05) is 6.07 Å². The predicted molar refractivity (Wildman–Crippen MR) is 69.5 cm³/mol. The number of carbonyl (C=O) groups excluding carboxylic acids is 1. The van der Waals surface area contributed by atoms with Crippen LogP contribution in [-0.4, -0.2) is 52.8 Å². The average molecular weight is 265 g/mol. The zero-order valence-electron chi connectivity index (χ0n) is 11.0. The Morgan fingerprint density at radius 2 is 2.42 bits per heavy atom. The number of aromatic nitrogens is 1. The molecule has 104 valence electrons. The third-order valence-corrected chi connectivity index (χ3v) is 3.25. The fourth-order valence-corrected chi connectivity index (χ4v) is 2.03. The largest absolute Gasteiger partial charge is 0.394 e. The molecule has 1 aromatic rings. The molecule has 1 aliphatic heterocycles. The van der Waals surface area contributed by atoms with Gasteiger partial charge < -0.3 is 20.5 Å². The summed E-state index contributed by atoms with van der Waals surface area (Å²) in [6, 6.07) is 3.46. The number of nitrogens with two attached hydrogens (primary N) is 1. The molecule has 0 spiro atoms. The van der Waals surface area contributed by atoms with Crippen molar-refractivity contribution in [2.45, 2.75) is 25.6 Å². The molecule has 6 nitrogen and oxygen atoms in total. The predicted octanol–water partition coefficient (Wildman–Crippen LogP) is -0.238. The van der Waals surface area contributed by atoms with Crippen LogP contribution in [0, 0.1) is 0 Å². The van der Waals surface area contributed by atoms with E-state index in [-0.39, 0.29) is 24.7 Å². The second-order valence-electron chi connectivity index (χ2n) is 4.70. The Hall–Kier alpha value is -1.50. The van der Waals surface area contributed by atoms with E-state index in [4.69, 9.17) is 15.6 Å². The summed E-state index contributed by atoms with van der Waals surface area (Å²) in [4.78, 5) is 18.2. The van der Waals surface area contributed by atoms with E-state index in [2.05, 4.69) is 4.98 Å². The van der Waals surface area contributed by atoms with Crippen LogP contribution in [0.25, 0.3) is 0 Å². The second kappa shape index (κ2) is 6.10. The van der Waals surface area contributed by atoms with Crippen molar-refractivity contribution in [3.05, 3.63) is 29.6 Å². The van der Waals surface area contributed by atoms with E-state index in [1.807, 2.05) is 6.92 Å². The molecular weight excluding hydrogens is 246 g/mol. The van der Waals surface area contributed by atoms with Gasteiger partial charge >= 0.3 is 0 Å².